The molecule has 1 aromatic carbocycles. The van der Waals surface area contributed by atoms with Crippen LogP contribution in [-0.2, 0) is 14.3 Å². The second-order valence-corrected chi connectivity index (χ2v) is 6.02. The van der Waals surface area contributed by atoms with Crippen LogP contribution < -0.4 is 5.73 Å². The van der Waals surface area contributed by atoms with Crippen molar-refractivity contribution in [2.24, 2.45) is 11.7 Å². The van der Waals surface area contributed by atoms with Gasteiger partial charge in [0.15, 0.2) is 5.92 Å². The third kappa shape index (κ3) is 5.95. The van der Waals surface area contributed by atoms with Crippen molar-refractivity contribution in [2.75, 3.05) is 0 Å². The lowest BCUT2D eigenvalue weighted by atomic mass is 9.96. The number of benzene rings is 1. The highest BCUT2D eigenvalue weighted by Gasteiger charge is 2.31. The number of hydrogen-bond acceptors (Lipinski definition) is 4. The van der Waals surface area contributed by atoms with Crippen molar-refractivity contribution in [3.05, 3.63) is 35.9 Å². The minimum atomic E-state index is -1.18. The molecule has 1 aromatic rings. The SMILES string of the molecule is CC(C)(C)OC(=O)[C@H](CCC(N)c1ccccc1)C(=O)O. The summed E-state index contributed by atoms with van der Waals surface area (Å²) >= 11 is 0. The molecule has 0 fully saturated rings. The van der Waals surface area contributed by atoms with E-state index >= 15 is 0 Å². The number of carbonyl (C=O) groups excluding carboxylic acids is 1. The quantitative estimate of drug-likeness (QED) is 0.621. The maximum Gasteiger partial charge on any atom is 0.320 e. The summed E-state index contributed by atoms with van der Waals surface area (Å²) in [5.74, 6) is -3.07. The van der Waals surface area contributed by atoms with Gasteiger partial charge in [-0.3, -0.25) is 9.59 Å². The molecule has 0 radical (unpaired) electrons. The monoisotopic (exact) mass is 293 g/mol. The van der Waals surface area contributed by atoms with Crippen LogP contribution >= 0.6 is 0 Å². The Balaban J connectivity index is 2.64. The Bertz CT molecular complexity index is 479. The Morgan fingerprint density at radius 1 is 1.19 bits per heavy atom. The number of carbonyl (C=O) groups is 2. The van der Waals surface area contributed by atoms with Gasteiger partial charge in [0.25, 0.3) is 0 Å². The molecule has 0 spiro atoms. The molecular formula is C16H23NO4. The van der Waals surface area contributed by atoms with E-state index in [1.54, 1.807) is 20.8 Å². The van der Waals surface area contributed by atoms with Crippen molar-refractivity contribution in [2.45, 2.75) is 45.3 Å². The zero-order chi connectivity index (χ0) is 16.0. The number of ether oxygens (including phenoxy) is 1. The first-order valence-electron chi connectivity index (χ1n) is 6.97. The second-order valence-electron chi connectivity index (χ2n) is 6.02. The van der Waals surface area contributed by atoms with E-state index in [1.807, 2.05) is 30.3 Å². The van der Waals surface area contributed by atoms with Gasteiger partial charge in [-0.15, -0.1) is 0 Å². The normalized spacial score (nSPS) is 14.3. The molecule has 1 unspecified atom stereocenters. The largest absolute Gasteiger partial charge is 0.481 e. The predicted octanol–water partition coefficient (Wildman–Crippen LogP) is 2.51. The lowest BCUT2D eigenvalue weighted by Crippen LogP contribution is -2.33. The van der Waals surface area contributed by atoms with Crippen LogP contribution in [0.3, 0.4) is 0 Å². The van der Waals surface area contributed by atoms with E-state index < -0.39 is 23.5 Å². The molecule has 2 atom stereocenters. The fourth-order valence-corrected chi connectivity index (χ4v) is 1.93. The van der Waals surface area contributed by atoms with Gasteiger partial charge in [0.05, 0.1) is 0 Å². The third-order valence-electron chi connectivity index (χ3n) is 2.98. The van der Waals surface area contributed by atoms with Gasteiger partial charge >= 0.3 is 11.9 Å². The zero-order valence-electron chi connectivity index (χ0n) is 12.7. The van der Waals surface area contributed by atoms with Crippen molar-refractivity contribution in [1.29, 1.82) is 0 Å². The van der Waals surface area contributed by atoms with E-state index in [0.29, 0.717) is 6.42 Å². The summed E-state index contributed by atoms with van der Waals surface area (Å²) in [6.45, 7) is 5.12. The number of rotatable bonds is 6. The van der Waals surface area contributed by atoms with Crippen LogP contribution in [0.2, 0.25) is 0 Å². The summed E-state index contributed by atoms with van der Waals surface area (Å²) < 4.78 is 5.14. The second kappa shape index (κ2) is 7.22. The Labute approximate surface area is 125 Å². The zero-order valence-corrected chi connectivity index (χ0v) is 12.7. The molecule has 116 valence electrons. The summed E-state index contributed by atoms with van der Waals surface area (Å²) in [5, 5.41) is 9.18. The highest BCUT2D eigenvalue weighted by atomic mass is 16.6. The molecule has 0 amide bonds. The fourth-order valence-electron chi connectivity index (χ4n) is 1.93. The number of aliphatic carboxylic acids is 1. The van der Waals surface area contributed by atoms with E-state index in [4.69, 9.17) is 10.5 Å². The van der Waals surface area contributed by atoms with Gasteiger partial charge in [-0.05, 0) is 39.2 Å². The van der Waals surface area contributed by atoms with Crippen molar-refractivity contribution < 1.29 is 19.4 Å². The average molecular weight is 293 g/mol. The average Bonchev–Trinajstić information content (AvgIpc) is 2.37. The number of carboxylic acids is 1. The summed E-state index contributed by atoms with van der Waals surface area (Å²) in [4.78, 5) is 23.1. The molecule has 5 nitrogen and oxygen atoms in total. The summed E-state index contributed by atoms with van der Waals surface area (Å²) in [5.41, 5.74) is 6.25. The minimum Gasteiger partial charge on any atom is -0.481 e. The lowest BCUT2D eigenvalue weighted by molar-refractivity contribution is -0.167. The summed E-state index contributed by atoms with van der Waals surface area (Å²) in [6.07, 6.45) is 0.556. The van der Waals surface area contributed by atoms with Gasteiger partial charge in [-0.1, -0.05) is 30.3 Å². The molecule has 1 rings (SSSR count). The van der Waals surface area contributed by atoms with E-state index in [2.05, 4.69) is 0 Å². The molecule has 3 N–H and O–H groups in total. The molecule has 21 heavy (non-hydrogen) atoms. The van der Waals surface area contributed by atoms with Gasteiger partial charge in [0.1, 0.15) is 5.60 Å². The summed E-state index contributed by atoms with van der Waals surface area (Å²) in [6, 6.07) is 9.10. The van der Waals surface area contributed by atoms with Crippen molar-refractivity contribution >= 4 is 11.9 Å². The maximum atomic E-state index is 11.9. The van der Waals surface area contributed by atoms with Crippen LogP contribution in [0.4, 0.5) is 0 Å². The molecule has 0 bridgehead atoms. The van der Waals surface area contributed by atoms with Gasteiger partial charge in [-0.2, -0.15) is 0 Å². The number of esters is 1. The van der Waals surface area contributed by atoms with Crippen LogP contribution in [-0.4, -0.2) is 22.6 Å². The first-order valence-corrected chi connectivity index (χ1v) is 6.97. The Kier molecular flexibility index (Phi) is 5.90. The molecule has 0 aromatic heterocycles. The molecule has 5 heteroatoms. The van der Waals surface area contributed by atoms with E-state index in [1.165, 1.54) is 0 Å². The van der Waals surface area contributed by atoms with Crippen LogP contribution in [0, 0.1) is 5.92 Å². The van der Waals surface area contributed by atoms with E-state index in [0.717, 1.165) is 5.56 Å². The molecule has 0 aliphatic heterocycles. The Hall–Kier alpha value is -1.88. The lowest BCUT2D eigenvalue weighted by Gasteiger charge is -2.22. The van der Waals surface area contributed by atoms with Crippen LogP contribution in [0.5, 0.6) is 0 Å². The molecule has 0 aliphatic rings. The van der Waals surface area contributed by atoms with Gasteiger partial charge in [0, 0.05) is 6.04 Å². The number of carboxylic acid groups (broad SMARTS) is 1. The van der Waals surface area contributed by atoms with E-state index in [9.17, 15) is 14.7 Å². The smallest absolute Gasteiger partial charge is 0.320 e. The van der Waals surface area contributed by atoms with Crippen molar-refractivity contribution in [3.8, 4) is 0 Å². The molecule has 0 aliphatic carbocycles. The van der Waals surface area contributed by atoms with Crippen LogP contribution in [0.1, 0.15) is 45.2 Å². The van der Waals surface area contributed by atoms with Gasteiger partial charge < -0.3 is 15.6 Å². The highest BCUT2D eigenvalue weighted by Crippen LogP contribution is 2.21. The first kappa shape index (κ1) is 17.2. The fraction of sp³-hybridized carbons (Fsp3) is 0.500. The summed E-state index contributed by atoms with van der Waals surface area (Å²) in [7, 11) is 0. The van der Waals surface area contributed by atoms with Crippen molar-refractivity contribution in [1.82, 2.24) is 0 Å². The van der Waals surface area contributed by atoms with Crippen LogP contribution in [0.15, 0.2) is 30.3 Å². The number of nitrogens with two attached hydrogens (primary N) is 1. The Morgan fingerprint density at radius 3 is 2.24 bits per heavy atom. The van der Waals surface area contributed by atoms with Crippen LogP contribution in [0.25, 0.3) is 0 Å². The molecular weight excluding hydrogens is 270 g/mol. The van der Waals surface area contributed by atoms with Gasteiger partial charge in [-0.25, -0.2) is 0 Å². The molecule has 0 saturated heterocycles. The van der Waals surface area contributed by atoms with Crippen molar-refractivity contribution in [3.63, 3.8) is 0 Å². The predicted molar refractivity (Wildman–Crippen MR) is 79.6 cm³/mol. The highest BCUT2D eigenvalue weighted by molar-refractivity contribution is 5.94. The minimum absolute atomic E-state index is 0.153. The number of hydrogen-bond donors (Lipinski definition) is 2. The maximum absolute atomic E-state index is 11.9. The van der Waals surface area contributed by atoms with E-state index in [-0.39, 0.29) is 12.5 Å². The molecule has 0 saturated carbocycles. The molecule has 0 heterocycles. The standard InChI is InChI=1S/C16H23NO4/c1-16(2,3)21-15(20)12(14(18)19)9-10-13(17)11-7-5-4-6-8-11/h4-8,12-13H,9-10,17H2,1-3H3,(H,18,19)/t12-,13?/m1/s1. The Morgan fingerprint density at radius 2 is 1.76 bits per heavy atom. The third-order valence-corrected chi connectivity index (χ3v) is 2.98. The van der Waals surface area contributed by atoms with Gasteiger partial charge in [0.2, 0.25) is 0 Å². The first-order chi connectivity index (χ1) is 9.70. The topological polar surface area (TPSA) is 89.6 Å².